The number of unbranched alkanes of at least 4 members (excludes halogenated alkanes) is 1. The molecule has 5 nitrogen and oxygen atoms in total. The van der Waals surface area contributed by atoms with Crippen LogP contribution in [0.2, 0.25) is 0 Å². The minimum atomic E-state index is -0.576. The van der Waals surface area contributed by atoms with E-state index in [1.54, 1.807) is 26.0 Å². The lowest BCUT2D eigenvalue weighted by molar-refractivity contribution is 0.0474. The second-order valence-electron chi connectivity index (χ2n) is 4.32. The van der Waals surface area contributed by atoms with Gasteiger partial charge in [0.25, 0.3) is 0 Å². The van der Waals surface area contributed by atoms with Gasteiger partial charge in [-0.15, -0.1) is 0 Å². The summed E-state index contributed by atoms with van der Waals surface area (Å²) in [5.41, 5.74) is 0.304. The van der Waals surface area contributed by atoms with Gasteiger partial charge in [-0.2, -0.15) is 0 Å². The molecule has 1 aromatic carbocycles. The molecule has 0 spiro atoms. The summed E-state index contributed by atoms with van der Waals surface area (Å²) >= 11 is 0. The Bertz CT molecular complexity index is 482. The van der Waals surface area contributed by atoms with Crippen molar-refractivity contribution >= 4 is 11.9 Å². The third kappa shape index (κ3) is 4.77. The first-order valence-corrected chi connectivity index (χ1v) is 7.25. The van der Waals surface area contributed by atoms with Crippen LogP contribution in [0.4, 0.5) is 0 Å². The standard InChI is InChI=1S/C16H22O5/c1-4-7-11-21-13-10-8-9-12(15(17)19-5-2)14(13)16(18)20-6-3/h8-10H,4-7,11H2,1-3H3. The first-order valence-electron chi connectivity index (χ1n) is 7.25. The number of esters is 2. The summed E-state index contributed by atoms with van der Waals surface area (Å²) in [7, 11) is 0. The van der Waals surface area contributed by atoms with E-state index in [1.807, 2.05) is 6.92 Å². The van der Waals surface area contributed by atoms with Crippen molar-refractivity contribution in [3.05, 3.63) is 29.3 Å². The fourth-order valence-electron chi connectivity index (χ4n) is 1.77. The number of ether oxygens (including phenoxy) is 3. The van der Waals surface area contributed by atoms with Crippen LogP contribution in [-0.4, -0.2) is 31.8 Å². The molecular formula is C16H22O5. The van der Waals surface area contributed by atoms with Crippen LogP contribution in [-0.2, 0) is 9.47 Å². The van der Waals surface area contributed by atoms with E-state index < -0.39 is 11.9 Å². The molecule has 0 heterocycles. The van der Waals surface area contributed by atoms with E-state index in [2.05, 4.69) is 0 Å². The SMILES string of the molecule is CCCCOc1cccc(C(=O)OCC)c1C(=O)OCC. The summed E-state index contributed by atoms with van der Waals surface area (Å²) < 4.78 is 15.6. The van der Waals surface area contributed by atoms with Crippen molar-refractivity contribution < 1.29 is 23.8 Å². The zero-order valence-electron chi connectivity index (χ0n) is 12.8. The molecule has 0 radical (unpaired) electrons. The van der Waals surface area contributed by atoms with Gasteiger partial charge in [0.15, 0.2) is 0 Å². The van der Waals surface area contributed by atoms with Crippen molar-refractivity contribution in [1.82, 2.24) is 0 Å². The molecular weight excluding hydrogens is 272 g/mol. The van der Waals surface area contributed by atoms with E-state index in [0.717, 1.165) is 12.8 Å². The Labute approximate surface area is 125 Å². The third-order valence-corrected chi connectivity index (χ3v) is 2.76. The van der Waals surface area contributed by atoms with Crippen LogP contribution in [0.5, 0.6) is 5.75 Å². The minimum Gasteiger partial charge on any atom is -0.493 e. The molecule has 116 valence electrons. The molecule has 0 saturated carbocycles. The second kappa shape index (κ2) is 9.00. The molecule has 0 N–H and O–H groups in total. The lowest BCUT2D eigenvalue weighted by atomic mass is 10.1. The van der Waals surface area contributed by atoms with Crippen LogP contribution < -0.4 is 4.74 Å². The van der Waals surface area contributed by atoms with Gasteiger partial charge in [-0.05, 0) is 32.4 Å². The van der Waals surface area contributed by atoms with Gasteiger partial charge in [-0.3, -0.25) is 0 Å². The Hall–Kier alpha value is -2.04. The maximum Gasteiger partial charge on any atom is 0.342 e. The summed E-state index contributed by atoms with van der Waals surface area (Å²) in [5.74, 6) is -0.776. The average molecular weight is 294 g/mol. The Morgan fingerprint density at radius 1 is 1.00 bits per heavy atom. The number of benzene rings is 1. The lowest BCUT2D eigenvalue weighted by Crippen LogP contribution is -2.16. The summed E-state index contributed by atoms with van der Waals surface area (Å²) in [5, 5.41) is 0. The van der Waals surface area contributed by atoms with Crippen LogP contribution >= 0.6 is 0 Å². The van der Waals surface area contributed by atoms with Gasteiger partial charge in [-0.1, -0.05) is 19.4 Å². The van der Waals surface area contributed by atoms with E-state index >= 15 is 0 Å². The highest BCUT2D eigenvalue weighted by atomic mass is 16.5. The highest BCUT2D eigenvalue weighted by Crippen LogP contribution is 2.25. The van der Waals surface area contributed by atoms with Crippen molar-refractivity contribution in [3.63, 3.8) is 0 Å². The molecule has 0 amide bonds. The van der Waals surface area contributed by atoms with Crippen LogP contribution in [0.1, 0.15) is 54.3 Å². The summed E-state index contributed by atoms with van der Waals surface area (Å²) in [6.45, 7) is 6.41. The Kier molecular flexibility index (Phi) is 7.29. The molecule has 0 fully saturated rings. The molecule has 0 aliphatic rings. The van der Waals surface area contributed by atoms with Crippen molar-refractivity contribution in [2.75, 3.05) is 19.8 Å². The molecule has 1 aromatic rings. The van der Waals surface area contributed by atoms with Gasteiger partial charge in [0.2, 0.25) is 0 Å². The maximum absolute atomic E-state index is 12.1. The summed E-state index contributed by atoms with van der Waals surface area (Å²) in [4.78, 5) is 24.1. The fraction of sp³-hybridized carbons (Fsp3) is 0.500. The molecule has 0 aliphatic heterocycles. The number of hydrogen-bond donors (Lipinski definition) is 0. The molecule has 5 heteroatoms. The molecule has 0 bridgehead atoms. The first-order chi connectivity index (χ1) is 10.2. The average Bonchev–Trinajstić information content (AvgIpc) is 2.47. The minimum absolute atomic E-state index is 0.133. The molecule has 0 unspecified atom stereocenters. The quantitative estimate of drug-likeness (QED) is 0.544. The largest absolute Gasteiger partial charge is 0.493 e. The molecule has 1 rings (SSSR count). The van der Waals surface area contributed by atoms with E-state index in [1.165, 1.54) is 6.07 Å². The molecule has 0 aliphatic carbocycles. The monoisotopic (exact) mass is 294 g/mol. The highest BCUT2D eigenvalue weighted by molar-refractivity contribution is 6.05. The van der Waals surface area contributed by atoms with Gasteiger partial charge in [0.05, 0.1) is 25.4 Å². The van der Waals surface area contributed by atoms with Crippen molar-refractivity contribution in [2.45, 2.75) is 33.6 Å². The Morgan fingerprint density at radius 2 is 1.67 bits per heavy atom. The summed E-state index contributed by atoms with van der Waals surface area (Å²) in [6.07, 6.45) is 1.85. The number of rotatable bonds is 8. The predicted molar refractivity (Wildman–Crippen MR) is 78.8 cm³/mol. The molecule has 0 saturated heterocycles. The van der Waals surface area contributed by atoms with Crippen molar-refractivity contribution in [3.8, 4) is 5.75 Å². The van der Waals surface area contributed by atoms with Crippen LogP contribution in [0.15, 0.2) is 18.2 Å². The summed E-state index contributed by atoms with van der Waals surface area (Å²) in [6, 6.07) is 4.86. The third-order valence-electron chi connectivity index (χ3n) is 2.76. The smallest absolute Gasteiger partial charge is 0.342 e. The van der Waals surface area contributed by atoms with Crippen molar-refractivity contribution in [2.24, 2.45) is 0 Å². The van der Waals surface area contributed by atoms with E-state index in [9.17, 15) is 9.59 Å². The van der Waals surface area contributed by atoms with Crippen molar-refractivity contribution in [1.29, 1.82) is 0 Å². The van der Waals surface area contributed by atoms with Gasteiger partial charge in [0, 0.05) is 0 Å². The number of carbonyl (C=O) groups is 2. The highest BCUT2D eigenvalue weighted by Gasteiger charge is 2.23. The number of carbonyl (C=O) groups excluding carboxylic acids is 2. The first kappa shape index (κ1) is 17.0. The van der Waals surface area contributed by atoms with E-state index in [0.29, 0.717) is 12.4 Å². The Balaban J connectivity index is 3.14. The number of hydrogen-bond acceptors (Lipinski definition) is 5. The van der Waals surface area contributed by atoms with Gasteiger partial charge >= 0.3 is 11.9 Å². The topological polar surface area (TPSA) is 61.8 Å². The van der Waals surface area contributed by atoms with Gasteiger partial charge in [-0.25, -0.2) is 9.59 Å². The maximum atomic E-state index is 12.1. The fourth-order valence-corrected chi connectivity index (χ4v) is 1.77. The normalized spacial score (nSPS) is 10.0. The molecule has 21 heavy (non-hydrogen) atoms. The zero-order chi connectivity index (χ0) is 15.7. The van der Waals surface area contributed by atoms with Gasteiger partial charge < -0.3 is 14.2 Å². The van der Waals surface area contributed by atoms with E-state index in [-0.39, 0.29) is 24.3 Å². The molecule has 0 aromatic heterocycles. The molecule has 0 atom stereocenters. The second-order valence-corrected chi connectivity index (χ2v) is 4.32. The van der Waals surface area contributed by atoms with E-state index in [4.69, 9.17) is 14.2 Å². The van der Waals surface area contributed by atoms with Crippen LogP contribution in [0.3, 0.4) is 0 Å². The lowest BCUT2D eigenvalue weighted by Gasteiger charge is -2.14. The van der Waals surface area contributed by atoms with Crippen LogP contribution in [0.25, 0.3) is 0 Å². The predicted octanol–water partition coefficient (Wildman–Crippen LogP) is 3.22. The zero-order valence-corrected chi connectivity index (χ0v) is 12.8. The van der Waals surface area contributed by atoms with Gasteiger partial charge in [0.1, 0.15) is 11.3 Å². The van der Waals surface area contributed by atoms with Crippen LogP contribution in [0, 0.1) is 0 Å². The Morgan fingerprint density at radius 3 is 2.29 bits per heavy atom.